The molecule has 1 N–H and O–H groups in total. The van der Waals surface area contributed by atoms with Crippen molar-refractivity contribution < 1.29 is 19.0 Å². The molecule has 0 unspecified atom stereocenters. The molecule has 0 radical (unpaired) electrons. The van der Waals surface area contributed by atoms with Gasteiger partial charge in [0.15, 0.2) is 18.1 Å². The minimum Gasteiger partial charge on any atom is -0.490 e. The molecule has 0 heterocycles. The van der Waals surface area contributed by atoms with Crippen molar-refractivity contribution in [3.63, 3.8) is 0 Å². The van der Waals surface area contributed by atoms with Gasteiger partial charge in [-0.3, -0.25) is 4.79 Å². The fourth-order valence-corrected chi connectivity index (χ4v) is 3.40. The number of halogens is 3. The van der Waals surface area contributed by atoms with Gasteiger partial charge in [0.2, 0.25) is 0 Å². The Morgan fingerprint density at radius 1 is 0.909 bits per heavy atom. The maximum Gasteiger partial charge on any atom is 0.277 e. The van der Waals surface area contributed by atoms with Gasteiger partial charge < -0.3 is 14.2 Å². The Bertz CT molecular complexity index is 1140. The molecule has 33 heavy (non-hydrogen) atoms. The van der Waals surface area contributed by atoms with Gasteiger partial charge in [-0.15, -0.1) is 0 Å². The van der Waals surface area contributed by atoms with E-state index in [1.54, 1.807) is 30.3 Å². The van der Waals surface area contributed by atoms with E-state index < -0.39 is 5.91 Å². The van der Waals surface area contributed by atoms with Gasteiger partial charge >= 0.3 is 0 Å². The molecule has 172 valence electrons. The second-order valence-corrected chi connectivity index (χ2v) is 7.99. The van der Waals surface area contributed by atoms with Crippen LogP contribution >= 0.6 is 34.8 Å². The molecule has 0 atom stereocenters. The van der Waals surface area contributed by atoms with Crippen molar-refractivity contribution in [2.24, 2.45) is 5.10 Å². The second kappa shape index (κ2) is 12.3. The minimum absolute atomic E-state index is 0.251. The Balaban J connectivity index is 1.56. The van der Waals surface area contributed by atoms with Crippen molar-refractivity contribution in [1.82, 2.24) is 5.43 Å². The van der Waals surface area contributed by atoms with Crippen molar-refractivity contribution in [3.05, 3.63) is 86.9 Å². The lowest BCUT2D eigenvalue weighted by Crippen LogP contribution is -2.24. The lowest BCUT2D eigenvalue weighted by molar-refractivity contribution is -0.123. The quantitative estimate of drug-likeness (QED) is 0.264. The maximum absolute atomic E-state index is 12.0. The van der Waals surface area contributed by atoms with E-state index in [0.717, 1.165) is 11.1 Å². The third-order valence-electron chi connectivity index (χ3n) is 4.21. The molecule has 0 spiro atoms. The summed E-state index contributed by atoms with van der Waals surface area (Å²) in [5.41, 5.74) is 4.06. The summed E-state index contributed by atoms with van der Waals surface area (Å²) in [6.45, 7) is 2.45. The lowest BCUT2D eigenvalue weighted by Gasteiger charge is -2.13. The molecule has 3 aromatic carbocycles. The molecular formula is C24H21Cl3N2O4. The smallest absolute Gasteiger partial charge is 0.277 e. The second-order valence-electron chi connectivity index (χ2n) is 6.71. The number of hydrazone groups is 1. The highest BCUT2D eigenvalue weighted by molar-refractivity contribution is 6.35. The minimum atomic E-state index is -0.441. The number of hydrogen-bond donors (Lipinski definition) is 1. The molecule has 0 aliphatic heterocycles. The third kappa shape index (κ3) is 7.86. The van der Waals surface area contributed by atoms with Crippen LogP contribution in [-0.2, 0) is 11.4 Å². The normalized spacial score (nSPS) is 10.8. The molecule has 3 rings (SSSR count). The van der Waals surface area contributed by atoms with E-state index in [0.29, 0.717) is 45.5 Å². The third-order valence-corrected chi connectivity index (χ3v) is 4.97. The predicted octanol–water partition coefficient (Wildman–Crippen LogP) is 6.15. The molecule has 3 aromatic rings. The number of nitrogens with one attached hydrogen (secondary N) is 1. The number of carbonyl (C=O) groups excluding carboxylic acids is 1. The number of nitrogens with zero attached hydrogens (tertiary/aromatic N) is 1. The maximum atomic E-state index is 12.0. The van der Waals surface area contributed by atoms with Crippen LogP contribution in [0.2, 0.25) is 15.1 Å². The zero-order valence-corrected chi connectivity index (χ0v) is 20.0. The average Bonchev–Trinajstić information content (AvgIpc) is 2.78. The Hall–Kier alpha value is -2.93. The molecule has 0 saturated heterocycles. The monoisotopic (exact) mass is 506 g/mol. The van der Waals surface area contributed by atoms with Gasteiger partial charge in [0, 0.05) is 10.0 Å². The van der Waals surface area contributed by atoms with Crippen LogP contribution < -0.4 is 19.6 Å². The highest BCUT2D eigenvalue weighted by Crippen LogP contribution is 2.29. The van der Waals surface area contributed by atoms with Gasteiger partial charge in [0.1, 0.15) is 12.4 Å². The molecule has 0 aliphatic rings. The summed E-state index contributed by atoms with van der Waals surface area (Å²) in [5, 5.41) is 5.40. The van der Waals surface area contributed by atoms with Gasteiger partial charge in [0.05, 0.1) is 17.8 Å². The summed E-state index contributed by atoms with van der Waals surface area (Å²) in [7, 11) is 0. The van der Waals surface area contributed by atoms with E-state index in [1.807, 2.05) is 31.2 Å². The van der Waals surface area contributed by atoms with Crippen molar-refractivity contribution in [1.29, 1.82) is 0 Å². The Morgan fingerprint density at radius 2 is 1.70 bits per heavy atom. The van der Waals surface area contributed by atoms with Crippen molar-refractivity contribution in [2.45, 2.75) is 13.5 Å². The molecule has 1 amide bonds. The highest BCUT2D eigenvalue weighted by atomic mass is 35.5. The number of amides is 1. The summed E-state index contributed by atoms with van der Waals surface area (Å²) in [6, 6.07) is 17.6. The first-order valence-corrected chi connectivity index (χ1v) is 11.1. The highest BCUT2D eigenvalue weighted by Gasteiger charge is 2.08. The van der Waals surface area contributed by atoms with Gasteiger partial charge in [0.25, 0.3) is 5.91 Å². The zero-order valence-electron chi connectivity index (χ0n) is 17.7. The summed E-state index contributed by atoms with van der Waals surface area (Å²) < 4.78 is 16.9. The van der Waals surface area contributed by atoms with Gasteiger partial charge in [-0.1, -0.05) is 46.9 Å². The summed E-state index contributed by atoms with van der Waals surface area (Å²) in [4.78, 5) is 12.0. The van der Waals surface area contributed by atoms with Gasteiger partial charge in [-0.05, 0) is 66.6 Å². The number of hydrogen-bond acceptors (Lipinski definition) is 5. The van der Waals surface area contributed by atoms with E-state index in [9.17, 15) is 4.79 Å². The van der Waals surface area contributed by atoms with Crippen LogP contribution in [0.5, 0.6) is 17.2 Å². The Kier molecular flexibility index (Phi) is 9.24. The number of rotatable bonds is 10. The SMILES string of the molecule is CCOc1cc(/C=N\NC(=O)COc2ccc(Cl)cc2Cl)ccc1OCc1cccc(Cl)c1. The molecular weight excluding hydrogens is 487 g/mol. The molecule has 0 aromatic heterocycles. The summed E-state index contributed by atoms with van der Waals surface area (Å²) in [6.07, 6.45) is 1.50. The fraction of sp³-hybridized carbons (Fsp3) is 0.167. The molecule has 0 bridgehead atoms. The van der Waals surface area contributed by atoms with Crippen LogP contribution in [0.4, 0.5) is 0 Å². The Morgan fingerprint density at radius 3 is 2.45 bits per heavy atom. The molecule has 0 fully saturated rings. The first-order chi connectivity index (χ1) is 15.9. The first-order valence-electron chi connectivity index (χ1n) is 9.98. The van der Waals surface area contributed by atoms with Crippen LogP contribution in [0.15, 0.2) is 65.8 Å². The van der Waals surface area contributed by atoms with Crippen molar-refractivity contribution in [3.8, 4) is 17.2 Å². The van der Waals surface area contributed by atoms with Crippen LogP contribution in [0.1, 0.15) is 18.1 Å². The molecule has 9 heteroatoms. The fourth-order valence-electron chi connectivity index (χ4n) is 2.73. The number of ether oxygens (including phenoxy) is 3. The topological polar surface area (TPSA) is 69.2 Å². The summed E-state index contributed by atoms with van der Waals surface area (Å²) >= 11 is 17.9. The first kappa shape index (κ1) is 24.7. The van der Waals surface area contributed by atoms with E-state index >= 15 is 0 Å². The number of carbonyl (C=O) groups is 1. The lowest BCUT2D eigenvalue weighted by atomic mass is 10.2. The van der Waals surface area contributed by atoms with Crippen molar-refractivity contribution in [2.75, 3.05) is 13.2 Å². The van der Waals surface area contributed by atoms with Crippen LogP contribution in [0, 0.1) is 0 Å². The van der Waals surface area contributed by atoms with Gasteiger partial charge in [-0.25, -0.2) is 5.43 Å². The predicted molar refractivity (Wildman–Crippen MR) is 131 cm³/mol. The molecule has 0 saturated carbocycles. The molecule has 6 nitrogen and oxygen atoms in total. The van der Waals surface area contributed by atoms with E-state index in [-0.39, 0.29) is 6.61 Å². The zero-order chi connectivity index (χ0) is 23.6. The Labute approximate surface area is 207 Å². The van der Waals surface area contributed by atoms with E-state index in [1.165, 1.54) is 12.3 Å². The van der Waals surface area contributed by atoms with E-state index in [4.69, 9.17) is 49.0 Å². The van der Waals surface area contributed by atoms with Crippen LogP contribution in [0.25, 0.3) is 0 Å². The summed E-state index contributed by atoms with van der Waals surface area (Å²) in [5.74, 6) is 1.07. The average molecular weight is 508 g/mol. The van der Waals surface area contributed by atoms with Crippen LogP contribution in [-0.4, -0.2) is 25.3 Å². The van der Waals surface area contributed by atoms with E-state index in [2.05, 4.69) is 10.5 Å². The van der Waals surface area contributed by atoms with Crippen LogP contribution in [0.3, 0.4) is 0 Å². The standard InChI is InChI=1S/C24H21Cl3N2O4/c1-2-31-23-11-16(6-8-22(23)32-14-17-4-3-5-18(25)10-17)13-28-29-24(30)15-33-21-9-7-19(26)12-20(21)27/h3-13H,2,14-15H2,1H3,(H,29,30)/b28-13-. The molecule has 0 aliphatic carbocycles. The largest absolute Gasteiger partial charge is 0.490 e. The van der Waals surface area contributed by atoms with Crippen molar-refractivity contribution >= 4 is 46.9 Å². The van der Waals surface area contributed by atoms with Gasteiger partial charge in [-0.2, -0.15) is 5.10 Å². The number of benzene rings is 3.